The van der Waals surface area contributed by atoms with Crippen molar-refractivity contribution in [2.45, 2.75) is 19.3 Å². The van der Waals surface area contributed by atoms with Gasteiger partial charge in [0.15, 0.2) is 0 Å². The minimum atomic E-state index is 0.00640. The molecule has 3 heterocycles. The molecule has 0 N–H and O–H groups in total. The second-order valence-corrected chi connectivity index (χ2v) is 6.85. The van der Waals surface area contributed by atoms with Gasteiger partial charge in [0.25, 0.3) is 0 Å². The van der Waals surface area contributed by atoms with Crippen molar-refractivity contribution in [1.29, 1.82) is 0 Å². The van der Waals surface area contributed by atoms with Gasteiger partial charge in [-0.15, -0.1) is 0 Å². The van der Waals surface area contributed by atoms with Crippen LogP contribution in [0.5, 0.6) is 0 Å². The van der Waals surface area contributed by atoms with Gasteiger partial charge in [-0.2, -0.15) is 0 Å². The normalized spacial score (nSPS) is 27.3. The van der Waals surface area contributed by atoms with Crippen LogP contribution in [0.2, 0.25) is 0 Å². The van der Waals surface area contributed by atoms with Gasteiger partial charge in [-0.25, -0.2) is 9.97 Å². The van der Waals surface area contributed by atoms with Crippen LogP contribution in [0.4, 0.5) is 5.95 Å². The Morgan fingerprint density at radius 1 is 0.917 bits per heavy atom. The molecule has 0 bridgehead atoms. The lowest BCUT2D eigenvalue weighted by atomic mass is 9.76. The predicted octanol–water partition coefficient (Wildman–Crippen LogP) is 0.384. The first-order valence-corrected chi connectivity index (χ1v) is 8.83. The molecule has 128 valence electrons. The van der Waals surface area contributed by atoms with Gasteiger partial charge in [0.2, 0.25) is 17.8 Å². The monoisotopic (exact) mass is 329 g/mol. The van der Waals surface area contributed by atoms with E-state index < -0.39 is 0 Å². The molecule has 3 aliphatic rings. The lowest BCUT2D eigenvalue weighted by Gasteiger charge is -2.34. The highest BCUT2D eigenvalue weighted by molar-refractivity contribution is 6.06. The Hall–Kier alpha value is -2.02. The van der Waals surface area contributed by atoms with E-state index in [4.69, 9.17) is 0 Å². The quantitative estimate of drug-likeness (QED) is 0.728. The zero-order valence-electron chi connectivity index (χ0n) is 13.8. The summed E-state index contributed by atoms with van der Waals surface area (Å²) >= 11 is 0. The van der Waals surface area contributed by atoms with Gasteiger partial charge in [0.1, 0.15) is 0 Å². The molecule has 2 saturated heterocycles. The van der Waals surface area contributed by atoms with E-state index in [1.54, 1.807) is 12.4 Å². The van der Waals surface area contributed by atoms with Crippen molar-refractivity contribution < 1.29 is 9.59 Å². The number of imide groups is 1. The number of amides is 2. The highest BCUT2D eigenvalue weighted by Gasteiger charge is 2.52. The van der Waals surface area contributed by atoms with Gasteiger partial charge in [0.05, 0.1) is 11.8 Å². The summed E-state index contributed by atoms with van der Waals surface area (Å²) in [5.74, 6) is 0.948. The summed E-state index contributed by atoms with van der Waals surface area (Å²) in [6.07, 6.45) is 6.20. The molecule has 24 heavy (non-hydrogen) atoms. The van der Waals surface area contributed by atoms with E-state index in [0.29, 0.717) is 6.54 Å². The molecule has 1 aromatic heterocycles. The van der Waals surface area contributed by atoms with E-state index in [0.717, 1.165) is 57.9 Å². The van der Waals surface area contributed by atoms with Crippen LogP contribution in [0.3, 0.4) is 0 Å². The predicted molar refractivity (Wildman–Crippen MR) is 88.2 cm³/mol. The van der Waals surface area contributed by atoms with E-state index in [9.17, 15) is 9.59 Å². The molecular weight excluding hydrogens is 306 g/mol. The third-order valence-corrected chi connectivity index (χ3v) is 5.50. The Morgan fingerprint density at radius 2 is 1.54 bits per heavy atom. The largest absolute Gasteiger partial charge is 0.338 e. The summed E-state index contributed by atoms with van der Waals surface area (Å²) in [5, 5.41) is 0. The Morgan fingerprint density at radius 3 is 2.12 bits per heavy atom. The van der Waals surface area contributed by atoms with Crippen molar-refractivity contribution in [2.75, 3.05) is 44.2 Å². The third kappa shape index (κ3) is 2.77. The third-order valence-electron chi connectivity index (χ3n) is 5.50. The molecule has 7 heteroatoms. The molecule has 2 aliphatic heterocycles. The van der Waals surface area contributed by atoms with Crippen LogP contribution in [-0.2, 0) is 9.59 Å². The Bertz CT molecular complexity index is 593. The summed E-state index contributed by atoms with van der Waals surface area (Å²) in [4.78, 5) is 38.9. The van der Waals surface area contributed by atoms with Crippen molar-refractivity contribution in [3.8, 4) is 0 Å². The maximum absolute atomic E-state index is 12.1. The second-order valence-electron chi connectivity index (χ2n) is 6.85. The topological polar surface area (TPSA) is 69.6 Å². The van der Waals surface area contributed by atoms with Crippen LogP contribution < -0.4 is 4.90 Å². The number of carbonyl (C=O) groups excluding carboxylic acids is 2. The van der Waals surface area contributed by atoms with Crippen molar-refractivity contribution >= 4 is 17.8 Å². The lowest BCUT2D eigenvalue weighted by Crippen LogP contribution is -2.47. The van der Waals surface area contributed by atoms with Gasteiger partial charge in [0, 0.05) is 45.1 Å². The average Bonchev–Trinajstić information content (AvgIpc) is 2.74. The maximum atomic E-state index is 12.1. The van der Waals surface area contributed by atoms with Crippen LogP contribution in [0.15, 0.2) is 18.5 Å². The van der Waals surface area contributed by atoms with E-state index in [1.165, 1.54) is 4.90 Å². The van der Waals surface area contributed by atoms with Gasteiger partial charge in [-0.05, 0) is 31.9 Å². The first kappa shape index (κ1) is 15.5. The highest BCUT2D eigenvalue weighted by atomic mass is 16.2. The zero-order chi connectivity index (χ0) is 16.5. The molecule has 0 radical (unpaired) electrons. The molecule has 2 unspecified atom stereocenters. The smallest absolute Gasteiger partial charge is 0.233 e. The molecule has 2 atom stereocenters. The van der Waals surface area contributed by atoms with Crippen LogP contribution in [0.25, 0.3) is 0 Å². The zero-order valence-corrected chi connectivity index (χ0v) is 13.8. The number of aromatic nitrogens is 2. The van der Waals surface area contributed by atoms with Crippen LogP contribution in [0.1, 0.15) is 19.3 Å². The second kappa shape index (κ2) is 6.47. The minimum Gasteiger partial charge on any atom is -0.338 e. The molecule has 1 aliphatic carbocycles. The van der Waals surface area contributed by atoms with Crippen LogP contribution >= 0.6 is 0 Å². The fraction of sp³-hybridized carbons (Fsp3) is 0.647. The van der Waals surface area contributed by atoms with Gasteiger partial charge in [-0.1, -0.05) is 0 Å². The summed E-state index contributed by atoms with van der Waals surface area (Å²) in [5.41, 5.74) is 0. The van der Waals surface area contributed by atoms with Gasteiger partial charge < -0.3 is 4.90 Å². The number of carbonyl (C=O) groups is 2. The van der Waals surface area contributed by atoms with Crippen molar-refractivity contribution in [3.63, 3.8) is 0 Å². The molecule has 0 spiro atoms. The molecule has 1 aromatic rings. The standard InChI is InChI=1S/C17H23N5O2/c23-15-13-3-4-14(13)16(24)22(15)8-2-7-20-9-11-21(12-10-20)17-18-5-1-6-19-17/h1,5-6,13-14H,2-4,7-12H2. The summed E-state index contributed by atoms with van der Waals surface area (Å²) in [7, 11) is 0. The maximum Gasteiger partial charge on any atom is 0.233 e. The van der Waals surface area contributed by atoms with Crippen LogP contribution in [0, 0.1) is 11.8 Å². The molecule has 7 nitrogen and oxygen atoms in total. The number of rotatable bonds is 5. The summed E-state index contributed by atoms with van der Waals surface area (Å²) in [6, 6.07) is 1.83. The van der Waals surface area contributed by atoms with Crippen molar-refractivity contribution in [1.82, 2.24) is 19.8 Å². The molecule has 1 saturated carbocycles. The number of fused-ring (bicyclic) bond motifs is 1. The van der Waals surface area contributed by atoms with Crippen molar-refractivity contribution in [2.24, 2.45) is 11.8 Å². The van der Waals surface area contributed by atoms with E-state index >= 15 is 0 Å². The van der Waals surface area contributed by atoms with E-state index in [-0.39, 0.29) is 23.7 Å². The van der Waals surface area contributed by atoms with E-state index in [1.807, 2.05) is 6.07 Å². The Balaban J connectivity index is 1.21. The molecular formula is C17H23N5O2. The fourth-order valence-electron chi connectivity index (χ4n) is 3.90. The SMILES string of the molecule is O=C1C2CCC2C(=O)N1CCCN1CCN(c2ncccn2)CC1. The first-order valence-electron chi connectivity index (χ1n) is 8.83. The van der Waals surface area contributed by atoms with Crippen LogP contribution in [-0.4, -0.2) is 70.9 Å². The first-order chi connectivity index (χ1) is 11.7. The molecule has 3 fully saturated rings. The molecule has 2 amide bonds. The Labute approximate surface area is 141 Å². The highest BCUT2D eigenvalue weighted by Crippen LogP contribution is 2.42. The number of piperazine rings is 1. The van der Waals surface area contributed by atoms with E-state index in [2.05, 4.69) is 19.8 Å². The molecule has 4 rings (SSSR count). The fourth-order valence-corrected chi connectivity index (χ4v) is 3.90. The van der Waals surface area contributed by atoms with Gasteiger partial charge in [-0.3, -0.25) is 19.4 Å². The minimum absolute atomic E-state index is 0.00640. The number of hydrogen-bond acceptors (Lipinski definition) is 6. The summed E-state index contributed by atoms with van der Waals surface area (Å²) in [6.45, 7) is 5.25. The van der Waals surface area contributed by atoms with Crippen molar-refractivity contribution in [3.05, 3.63) is 18.5 Å². The number of hydrogen-bond donors (Lipinski definition) is 0. The number of anilines is 1. The lowest BCUT2D eigenvalue weighted by molar-refractivity contribution is -0.139. The summed E-state index contributed by atoms with van der Waals surface area (Å²) < 4.78 is 0. The number of nitrogens with zero attached hydrogens (tertiary/aromatic N) is 5. The Kier molecular flexibility index (Phi) is 4.18. The van der Waals surface area contributed by atoms with Gasteiger partial charge >= 0.3 is 0 Å². The average molecular weight is 329 g/mol. The number of likely N-dealkylation sites (tertiary alicyclic amines) is 1. The molecule has 0 aromatic carbocycles.